The second-order valence-corrected chi connectivity index (χ2v) is 5.74. The molecule has 2 heterocycles. The summed E-state index contributed by atoms with van der Waals surface area (Å²) in [6.07, 6.45) is 2.75. The van der Waals surface area contributed by atoms with Crippen LogP contribution in [0, 0.1) is 5.92 Å². The molecule has 1 fully saturated rings. The summed E-state index contributed by atoms with van der Waals surface area (Å²) in [5.74, 6) is 2.17. The lowest BCUT2D eigenvalue weighted by atomic mass is 10.1. The maximum absolute atomic E-state index is 11.3. The van der Waals surface area contributed by atoms with Crippen LogP contribution in [0.1, 0.15) is 27.2 Å². The third kappa shape index (κ3) is 4.54. The van der Waals surface area contributed by atoms with Crippen molar-refractivity contribution in [2.24, 2.45) is 5.92 Å². The third-order valence-corrected chi connectivity index (χ3v) is 3.60. The molecule has 0 spiro atoms. The molecular formula is C14H24N6O. The molecule has 1 saturated heterocycles. The maximum atomic E-state index is 11.3. The van der Waals surface area contributed by atoms with Gasteiger partial charge in [-0.25, -0.2) is 0 Å². The van der Waals surface area contributed by atoms with Gasteiger partial charge in [0, 0.05) is 39.6 Å². The van der Waals surface area contributed by atoms with Crippen LogP contribution in [0.3, 0.4) is 0 Å². The fourth-order valence-electron chi connectivity index (χ4n) is 2.25. The van der Waals surface area contributed by atoms with E-state index in [2.05, 4.69) is 39.2 Å². The van der Waals surface area contributed by atoms with Gasteiger partial charge in [0.1, 0.15) is 0 Å². The van der Waals surface area contributed by atoms with Crippen LogP contribution >= 0.6 is 0 Å². The molecule has 0 aromatic carbocycles. The first-order chi connectivity index (χ1) is 10.1. The third-order valence-electron chi connectivity index (χ3n) is 3.60. The monoisotopic (exact) mass is 292 g/mol. The van der Waals surface area contributed by atoms with Crippen LogP contribution in [0.2, 0.25) is 0 Å². The Morgan fingerprint density at radius 1 is 1.33 bits per heavy atom. The first-order valence-electron chi connectivity index (χ1n) is 7.50. The van der Waals surface area contributed by atoms with Gasteiger partial charge < -0.3 is 15.1 Å². The van der Waals surface area contributed by atoms with Crippen LogP contribution in [0.25, 0.3) is 0 Å². The molecule has 0 radical (unpaired) electrons. The standard InChI is InChI=1S/C14H24N6O/c1-11(2)4-5-15-14-17-13(10-16-18-14)20-8-6-19(7-9-20)12(3)21/h10-11H,4-9H2,1-3H3,(H,15,17,18). The van der Waals surface area contributed by atoms with E-state index in [1.807, 2.05) is 4.90 Å². The second kappa shape index (κ2) is 7.19. The van der Waals surface area contributed by atoms with E-state index in [1.54, 1.807) is 13.1 Å². The number of amides is 1. The number of aromatic nitrogens is 3. The van der Waals surface area contributed by atoms with Gasteiger partial charge in [-0.1, -0.05) is 13.8 Å². The Morgan fingerprint density at radius 3 is 2.67 bits per heavy atom. The minimum absolute atomic E-state index is 0.131. The maximum Gasteiger partial charge on any atom is 0.244 e. The van der Waals surface area contributed by atoms with E-state index in [0.717, 1.165) is 45.0 Å². The Morgan fingerprint density at radius 2 is 2.05 bits per heavy atom. The number of carbonyl (C=O) groups excluding carboxylic acids is 1. The molecule has 7 nitrogen and oxygen atoms in total. The van der Waals surface area contributed by atoms with Gasteiger partial charge in [-0.2, -0.15) is 10.1 Å². The molecule has 2 rings (SSSR count). The number of piperazine rings is 1. The van der Waals surface area contributed by atoms with Crippen LogP contribution in [0.5, 0.6) is 0 Å². The molecule has 7 heteroatoms. The Kier molecular flexibility index (Phi) is 5.30. The van der Waals surface area contributed by atoms with Crippen LogP contribution < -0.4 is 10.2 Å². The minimum Gasteiger partial charge on any atom is -0.353 e. The molecule has 1 amide bonds. The van der Waals surface area contributed by atoms with Gasteiger partial charge in [-0.05, 0) is 12.3 Å². The van der Waals surface area contributed by atoms with Crippen molar-refractivity contribution in [3.05, 3.63) is 6.20 Å². The molecule has 116 valence electrons. The van der Waals surface area contributed by atoms with Crippen molar-refractivity contribution < 1.29 is 4.79 Å². The number of hydrogen-bond acceptors (Lipinski definition) is 6. The van der Waals surface area contributed by atoms with E-state index in [4.69, 9.17) is 0 Å². The summed E-state index contributed by atoms with van der Waals surface area (Å²) in [5.41, 5.74) is 0. The summed E-state index contributed by atoms with van der Waals surface area (Å²) in [6, 6.07) is 0. The molecule has 0 unspecified atom stereocenters. The topological polar surface area (TPSA) is 74.2 Å². The van der Waals surface area contributed by atoms with E-state index in [1.165, 1.54) is 0 Å². The lowest BCUT2D eigenvalue weighted by Gasteiger charge is -2.34. The van der Waals surface area contributed by atoms with Gasteiger partial charge in [0.2, 0.25) is 11.9 Å². The summed E-state index contributed by atoms with van der Waals surface area (Å²) < 4.78 is 0. The fourth-order valence-corrected chi connectivity index (χ4v) is 2.25. The molecule has 1 N–H and O–H groups in total. The number of carbonyl (C=O) groups is 1. The molecular weight excluding hydrogens is 268 g/mol. The highest BCUT2D eigenvalue weighted by atomic mass is 16.2. The van der Waals surface area contributed by atoms with Crippen molar-refractivity contribution in [1.29, 1.82) is 0 Å². The van der Waals surface area contributed by atoms with Gasteiger partial charge in [-0.15, -0.1) is 5.10 Å². The fraction of sp³-hybridized carbons (Fsp3) is 0.714. The number of rotatable bonds is 5. The highest BCUT2D eigenvalue weighted by Gasteiger charge is 2.20. The van der Waals surface area contributed by atoms with Crippen molar-refractivity contribution in [3.8, 4) is 0 Å². The van der Waals surface area contributed by atoms with Crippen LogP contribution in [-0.4, -0.2) is 58.7 Å². The Bertz CT molecular complexity index is 470. The summed E-state index contributed by atoms with van der Waals surface area (Å²) >= 11 is 0. The average Bonchev–Trinajstić information content (AvgIpc) is 2.47. The zero-order valence-corrected chi connectivity index (χ0v) is 13.0. The van der Waals surface area contributed by atoms with Gasteiger partial charge >= 0.3 is 0 Å². The molecule has 0 saturated carbocycles. The van der Waals surface area contributed by atoms with E-state index < -0.39 is 0 Å². The molecule has 1 aromatic rings. The predicted octanol–water partition coefficient (Wildman–Crippen LogP) is 0.998. The molecule has 0 atom stereocenters. The number of nitrogens with one attached hydrogen (secondary N) is 1. The van der Waals surface area contributed by atoms with Gasteiger partial charge in [0.15, 0.2) is 5.82 Å². The zero-order chi connectivity index (χ0) is 15.2. The second-order valence-electron chi connectivity index (χ2n) is 5.74. The highest BCUT2D eigenvalue weighted by molar-refractivity contribution is 5.73. The number of hydrogen-bond donors (Lipinski definition) is 1. The van der Waals surface area contributed by atoms with Crippen LogP contribution in [0.15, 0.2) is 6.20 Å². The predicted molar refractivity (Wildman–Crippen MR) is 82.2 cm³/mol. The van der Waals surface area contributed by atoms with Crippen LogP contribution in [0.4, 0.5) is 11.8 Å². The van der Waals surface area contributed by atoms with Crippen molar-refractivity contribution in [2.45, 2.75) is 27.2 Å². The van der Waals surface area contributed by atoms with E-state index in [0.29, 0.717) is 11.9 Å². The lowest BCUT2D eigenvalue weighted by molar-refractivity contribution is -0.129. The summed E-state index contributed by atoms with van der Waals surface area (Å²) in [5, 5.41) is 11.2. The van der Waals surface area contributed by atoms with E-state index in [9.17, 15) is 4.79 Å². The quantitative estimate of drug-likeness (QED) is 0.872. The van der Waals surface area contributed by atoms with Crippen LogP contribution in [-0.2, 0) is 4.79 Å². The van der Waals surface area contributed by atoms with Crippen molar-refractivity contribution in [1.82, 2.24) is 20.1 Å². The molecule has 1 aromatic heterocycles. The summed E-state index contributed by atoms with van der Waals surface area (Å²) in [4.78, 5) is 19.8. The first kappa shape index (κ1) is 15.5. The summed E-state index contributed by atoms with van der Waals surface area (Å²) in [7, 11) is 0. The summed E-state index contributed by atoms with van der Waals surface area (Å²) in [6.45, 7) is 9.86. The number of nitrogens with zero attached hydrogens (tertiary/aromatic N) is 5. The van der Waals surface area contributed by atoms with Crippen molar-refractivity contribution >= 4 is 17.7 Å². The highest BCUT2D eigenvalue weighted by Crippen LogP contribution is 2.13. The van der Waals surface area contributed by atoms with Gasteiger partial charge in [0.05, 0.1) is 6.20 Å². The number of anilines is 2. The van der Waals surface area contributed by atoms with Crippen molar-refractivity contribution in [2.75, 3.05) is 42.9 Å². The first-order valence-corrected chi connectivity index (χ1v) is 7.50. The van der Waals surface area contributed by atoms with Crippen molar-refractivity contribution in [3.63, 3.8) is 0 Å². The molecule has 1 aliphatic heterocycles. The zero-order valence-electron chi connectivity index (χ0n) is 13.0. The Labute approximate surface area is 125 Å². The van der Waals surface area contributed by atoms with Gasteiger partial charge in [-0.3, -0.25) is 4.79 Å². The van der Waals surface area contributed by atoms with E-state index in [-0.39, 0.29) is 5.91 Å². The lowest BCUT2D eigenvalue weighted by Crippen LogP contribution is -2.48. The average molecular weight is 292 g/mol. The molecule has 0 aliphatic carbocycles. The SMILES string of the molecule is CC(=O)N1CCN(c2cnnc(NCCC(C)C)n2)CC1. The van der Waals surface area contributed by atoms with E-state index >= 15 is 0 Å². The molecule has 1 aliphatic rings. The molecule has 0 bridgehead atoms. The normalized spacial score (nSPS) is 15.4. The largest absolute Gasteiger partial charge is 0.353 e. The minimum atomic E-state index is 0.131. The Balaban J connectivity index is 1.90. The van der Waals surface area contributed by atoms with Gasteiger partial charge in [0.25, 0.3) is 0 Å². The Hall–Kier alpha value is -1.92. The smallest absolute Gasteiger partial charge is 0.244 e. The molecule has 21 heavy (non-hydrogen) atoms.